The van der Waals surface area contributed by atoms with E-state index in [0.717, 1.165) is 12.1 Å². The summed E-state index contributed by atoms with van der Waals surface area (Å²) in [7, 11) is -3.74. The molecule has 2 aliphatic rings. The molecule has 1 amide bonds. The van der Waals surface area contributed by atoms with Crippen molar-refractivity contribution >= 4 is 15.9 Å². The molecule has 0 atom stereocenters. The lowest BCUT2D eigenvalue weighted by atomic mass is 10.1. The molecular weight excluding hydrogens is 411 g/mol. The Kier molecular flexibility index (Phi) is 6.82. The van der Waals surface area contributed by atoms with Crippen LogP contribution in [0.1, 0.15) is 11.1 Å². The van der Waals surface area contributed by atoms with E-state index in [4.69, 9.17) is 4.74 Å². The lowest BCUT2D eigenvalue weighted by Gasteiger charge is -2.35. The number of amides is 1. The molecule has 0 aliphatic carbocycles. The average molecular weight is 435 g/mol. The molecule has 0 radical (unpaired) electrons. The summed E-state index contributed by atoms with van der Waals surface area (Å²) in [6.45, 7) is 3.60. The summed E-state index contributed by atoms with van der Waals surface area (Å²) in [6, 6.07) is 4.38. The molecule has 2 fully saturated rings. The number of alkyl halides is 3. The van der Waals surface area contributed by atoms with E-state index in [9.17, 15) is 26.4 Å². The van der Waals surface area contributed by atoms with Gasteiger partial charge < -0.3 is 9.64 Å². The second-order valence-corrected chi connectivity index (χ2v) is 9.09. The smallest absolute Gasteiger partial charge is 0.378 e. The molecule has 1 aromatic rings. The number of hydrogen-bond acceptors (Lipinski definition) is 5. The lowest BCUT2D eigenvalue weighted by molar-refractivity contribution is -0.138. The van der Waals surface area contributed by atoms with Crippen LogP contribution in [0.5, 0.6) is 0 Å². The molecule has 7 nitrogen and oxygen atoms in total. The molecule has 0 aromatic heterocycles. The van der Waals surface area contributed by atoms with E-state index in [1.54, 1.807) is 4.90 Å². The third-order valence-electron chi connectivity index (χ3n) is 5.05. The number of benzene rings is 1. The average Bonchev–Trinajstić information content (AvgIpc) is 2.68. The molecule has 1 aromatic carbocycles. The lowest BCUT2D eigenvalue weighted by Crippen LogP contribution is -2.52. The number of hydrogen-bond donors (Lipinski definition) is 0. The quantitative estimate of drug-likeness (QED) is 0.691. The van der Waals surface area contributed by atoms with Gasteiger partial charge in [0.25, 0.3) is 0 Å². The highest BCUT2D eigenvalue weighted by atomic mass is 32.2. The first kappa shape index (κ1) is 22.0. The third-order valence-corrected chi connectivity index (χ3v) is 6.90. The minimum absolute atomic E-state index is 0.00595. The molecule has 0 N–H and O–H groups in total. The van der Waals surface area contributed by atoms with Crippen LogP contribution in [0.4, 0.5) is 13.2 Å². The van der Waals surface area contributed by atoms with Crippen LogP contribution < -0.4 is 0 Å². The third kappa shape index (κ3) is 5.91. The molecule has 0 saturated carbocycles. The number of morpholine rings is 1. The fraction of sp³-hybridized carbons (Fsp3) is 0.611. The minimum atomic E-state index is -4.52. The van der Waals surface area contributed by atoms with Crippen molar-refractivity contribution in [1.29, 1.82) is 0 Å². The monoisotopic (exact) mass is 435 g/mol. The largest absolute Gasteiger partial charge is 0.416 e. The van der Waals surface area contributed by atoms with Gasteiger partial charge in [0.05, 0.1) is 31.1 Å². The van der Waals surface area contributed by atoms with Gasteiger partial charge in [-0.15, -0.1) is 0 Å². The van der Waals surface area contributed by atoms with Crippen LogP contribution in [0.3, 0.4) is 0 Å². The molecule has 2 aliphatic heterocycles. The van der Waals surface area contributed by atoms with E-state index in [0.29, 0.717) is 39.4 Å². The highest BCUT2D eigenvalue weighted by Gasteiger charge is 2.32. The Morgan fingerprint density at radius 2 is 1.69 bits per heavy atom. The highest BCUT2D eigenvalue weighted by molar-refractivity contribution is 7.88. The topological polar surface area (TPSA) is 70.2 Å². The zero-order chi connectivity index (χ0) is 21.1. The van der Waals surface area contributed by atoms with Crippen molar-refractivity contribution in [3.63, 3.8) is 0 Å². The van der Waals surface area contributed by atoms with E-state index in [1.165, 1.54) is 16.4 Å². The fourth-order valence-electron chi connectivity index (χ4n) is 3.41. The molecule has 11 heteroatoms. The zero-order valence-corrected chi connectivity index (χ0v) is 16.7. The normalized spacial score (nSPS) is 20.0. The molecule has 2 saturated heterocycles. The number of piperazine rings is 1. The van der Waals surface area contributed by atoms with Gasteiger partial charge in [0.2, 0.25) is 15.9 Å². The van der Waals surface area contributed by atoms with Crippen LogP contribution in [0.15, 0.2) is 24.3 Å². The van der Waals surface area contributed by atoms with Crippen molar-refractivity contribution in [3.8, 4) is 0 Å². The molecule has 0 spiro atoms. The van der Waals surface area contributed by atoms with Gasteiger partial charge in [-0.1, -0.05) is 18.2 Å². The minimum Gasteiger partial charge on any atom is -0.378 e. The highest BCUT2D eigenvalue weighted by Crippen LogP contribution is 2.30. The predicted molar refractivity (Wildman–Crippen MR) is 99.5 cm³/mol. The van der Waals surface area contributed by atoms with E-state index in [2.05, 4.69) is 0 Å². The first-order valence-corrected chi connectivity index (χ1v) is 11.0. The number of carbonyl (C=O) groups excluding carboxylic acids is 1. The van der Waals surface area contributed by atoms with Gasteiger partial charge in [0.15, 0.2) is 0 Å². The maximum absolute atomic E-state index is 12.8. The van der Waals surface area contributed by atoms with Gasteiger partial charge in [-0.25, -0.2) is 8.42 Å². The Morgan fingerprint density at radius 1 is 1.03 bits per heavy atom. The zero-order valence-electron chi connectivity index (χ0n) is 15.9. The van der Waals surface area contributed by atoms with Crippen LogP contribution in [0.25, 0.3) is 0 Å². The summed E-state index contributed by atoms with van der Waals surface area (Å²) in [6.07, 6.45) is -4.52. The first-order chi connectivity index (χ1) is 13.6. The van der Waals surface area contributed by atoms with Crippen LogP contribution in [-0.2, 0) is 31.5 Å². The van der Waals surface area contributed by atoms with Gasteiger partial charge in [-0.3, -0.25) is 9.69 Å². The number of halogens is 3. The molecule has 0 unspecified atom stereocenters. The summed E-state index contributed by atoms with van der Waals surface area (Å²) in [4.78, 5) is 15.9. The summed E-state index contributed by atoms with van der Waals surface area (Å²) in [5, 5.41) is 0. The number of carbonyl (C=O) groups is 1. The molecular formula is C18H24F3N3O4S. The van der Waals surface area contributed by atoms with Gasteiger partial charge in [-0.2, -0.15) is 17.5 Å². The second kappa shape index (κ2) is 8.99. The Hall–Kier alpha value is -1.69. The first-order valence-electron chi connectivity index (χ1n) is 9.37. The van der Waals surface area contributed by atoms with Crippen molar-refractivity contribution < 1.29 is 31.1 Å². The Morgan fingerprint density at radius 3 is 2.31 bits per heavy atom. The number of sulfonamides is 1. The SMILES string of the molecule is O=C(CN1CCN(S(=O)(=O)Cc2cccc(C(F)(F)F)c2)CC1)N1CCOCC1. The van der Waals surface area contributed by atoms with Crippen molar-refractivity contribution in [1.82, 2.24) is 14.1 Å². The van der Waals surface area contributed by atoms with Crippen LogP contribution in [0.2, 0.25) is 0 Å². The van der Waals surface area contributed by atoms with Gasteiger partial charge in [0.1, 0.15) is 0 Å². The molecule has 162 valence electrons. The van der Waals surface area contributed by atoms with E-state index in [1.807, 2.05) is 4.90 Å². The summed E-state index contributed by atoms with van der Waals surface area (Å²) < 4.78 is 70.3. The van der Waals surface area contributed by atoms with Gasteiger partial charge >= 0.3 is 6.18 Å². The summed E-state index contributed by atoms with van der Waals surface area (Å²) in [5.41, 5.74) is -0.763. The number of rotatable bonds is 5. The van der Waals surface area contributed by atoms with Crippen LogP contribution >= 0.6 is 0 Å². The van der Waals surface area contributed by atoms with Crippen molar-refractivity contribution in [2.75, 3.05) is 59.0 Å². The Bertz CT molecular complexity index is 818. The maximum Gasteiger partial charge on any atom is 0.416 e. The van der Waals surface area contributed by atoms with E-state index < -0.39 is 27.5 Å². The van der Waals surface area contributed by atoms with Crippen molar-refractivity contribution in [3.05, 3.63) is 35.4 Å². The van der Waals surface area contributed by atoms with Gasteiger partial charge in [0, 0.05) is 39.3 Å². The molecule has 2 heterocycles. The molecule has 0 bridgehead atoms. The summed E-state index contributed by atoms with van der Waals surface area (Å²) >= 11 is 0. The Labute approximate surface area is 168 Å². The van der Waals surface area contributed by atoms with Crippen molar-refractivity contribution in [2.45, 2.75) is 11.9 Å². The summed E-state index contributed by atoms with van der Waals surface area (Å²) in [5.74, 6) is -0.488. The number of ether oxygens (including phenoxy) is 1. The second-order valence-electron chi connectivity index (χ2n) is 7.12. The predicted octanol–water partition coefficient (Wildman–Crippen LogP) is 1.01. The molecule has 29 heavy (non-hydrogen) atoms. The van der Waals surface area contributed by atoms with Gasteiger partial charge in [-0.05, 0) is 11.6 Å². The van der Waals surface area contributed by atoms with E-state index >= 15 is 0 Å². The molecule has 3 rings (SSSR count). The van der Waals surface area contributed by atoms with E-state index in [-0.39, 0.29) is 31.1 Å². The van der Waals surface area contributed by atoms with Crippen molar-refractivity contribution in [2.24, 2.45) is 0 Å². The van der Waals surface area contributed by atoms with Crippen LogP contribution in [0, 0.1) is 0 Å². The fourth-order valence-corrected chi connectivity index (χ4v) is 4.91. The standard InChI is InChI=1S/C18H24F3N3O4S/c19-18(20,21)16-3-1-2-15(12-16)14-29(26,27)24-6-4-22(5-7-24)13-17(25)23-8-10-28-11-9-23/h1-3,12H,4-11,13-14H2. The number of nitrogens with zero attached hydrogens (tertiary/aromatic N) is 3. The Balaban J connectivity index is 1.53. The van der Waals surface area contributed by atoms with Crippen LogP contribution in [-0.4, -0.2) is 87.5 Å². The maximum atomic E-state index is 12.8.